The predicted octanol–water partition coefficient (Wildman–Crippen LogP) is 2.72. The van der Waals surface area contributed by atoms with Crippen molar-refractivity contribution in [2.75, 3.05) is 6.61 Å². The molecule has 3 rings (SSSR count). The summed E-state index contributed by atoms with van der Waals surface area (Å²) >= 11 is 0. The van der Waals surface area contributed by atoms with Crippen LogP contribution >= 0.6 is 0 Å². The van der Waals surface area contributed by atoms with Crippen LogP contribution in [0.25, 0.3) is 0 Å². The first-order valence-electron chi connectivity index (χ1n) is 5.10. The summed E-state index contributed by atoms with van der Waals surface area (Å²) in [6.45, 7) is 0.976. The van der Waals surface area contributed by atoms with Crippen molar-refractivity contribution in [3.8, 4) is 0 Å². The molecule has 0 aromatic heterocycles. The lowest BCUT2D eigenvalue weighted by molar-refractivity contribution is 0.0854. The molecule has 13 heavy (non-hydrogen) atoms. The van der Waals surface area contributed by atoms with Crippen LogP contribution in [0.1, 0.15) is 30.7 Å². The van der Waals surface area contributed by atoms with Crippen LogP contribution in [0.15, 0.2) is 30.3 Å². The third-order valence-corrected chi connectivity index (χ3v) is 3.36. The fourth-order valence-corrected chi connectivity index (χ4v) is 2.55. The van der Waals surface area contributed by atoms with Gasteiger partial charge >= 0.3 is 0 Å². The van der Waals surface area contributed by atoms with E-state index in [1.54, 1.807) is 0 Å². The van der Waals surface area contributed by atoms with Crippen LogP contribution in [-0.4, -0.2) is 12.2 Å². The number of hydrogen-bond acceptors (Lipinski definition) is 1. The van der Waals surface area contributed by atoms with E-state index in [0.29, 0.717) is 5.92 Å². The number of hydrogen-bond donors (Lipinski definition) is 0. The highest BCUT2D eigenvalue weighted by Crippen LogP contribution is 2.59. The summed E-state index contributed by atoms with van der Waals surface area (Å²) in [4.78, 5) is 0. The number of rotatable bonds is 1. The van der Waals surface area contributed by atoms with Gasteiger partial charge in [0.05, 0.1) is 5.60 Å². The van der Waals surface area contributed by atoms with Gasteiger partial charge in [0.15, 0.2) is 0 Å². The van der Waals surface area contributed by atoms with Crippen LogP contribution in [-0.2, 0) is 4.74 Å². The summed E-state index contributed by atoms with van der Waals surface area (Å²) in [6, 6.07) is 10.8. The third kappa shape index (κ3) is 1.11. The van der Waals surface area contributed by atoms with Crippen molar-refractivity contribution in [3.63, 3.8) is 0 Å². The molecule has 68 valence electrons. The molecular weight excluding hydrogens is 160 g/mol. The molecule has 2 unspecified atom stereocenters. The van der Waals surface area contributed by atoms with Crippen LogP contribution in [0.3, 0.4) is 0 Å². The summed E-state index contributed by atoms with van der Waals surface area (Å²) in [5, 5.41) is 0. The normalized spacial score (nSPS) is 36.8. The summed E-state index contributed by atoms with van der Waals surface area (Å²) in [5.74, 6) is 0.691. The van der Waals surface area contributed by atoms with Crippen LogP contribution in [0, 0.1) is 0 Å². The molecule has 1 heteroatoms. The van der Waals surface area contributed by atoms with Crippen molar-refractivity contribution in [2.45, 2.75) is 30.8 Å². The van der Waals surface area contributed by atoms with Gasteiger partial charge in [-0.1, -0.05) is 30.3 Å². The van der Waals surface area contributed by atoms with Crippen molar-refractivity contribution in [1.82, 2.24) is 0 Å². The largest absolute Gasteiger partial charge is 0.374 e. The zero-order valence-corrected chi connectivity index (χ0v) is 7.70. The van der Waals surface area contributed by atoms with E-state index < -0.39 is 0 Å². The van der Waals surface area contributed by atoms with E-state index in [9.17, 15) is 0 Å². The van der Waals surface area contributed by atoms with Gasteiger partial charge in [-0.3, -0.25) is 0 Å². The van der Waals surface area contributed by atoms with Gasteiger partial charge in [0.2, 0.25) is 0 Å². The molecule has 1 aliphatic heterocycles. The standard InChI is InChI=1S/C12H14O/c1-2-5-10(6-3-1)11-9-12(11)7-4-8-13-12/h1-3,5-6,11H,4,7-9H2. The second kappa shape index (κ2) is 2.58. The Labute approximate surface area is 78.7 Å². The van der Waals surface area contributed by atoms with Crippen LogP contribution in [0.4, 0.5) is 0 Å². The summed E-state index contributed by atoms with van der Waals surface area (Å²) in [7, 11) is 0. The molecule has 1 saturated carbocycles. The minimum Gasteiger partial charge on any atom is -0.374 e. The van der Waals surface area contributed by atoms with Gasteiger partial charge in [-0.05, 0) is 24.8 Å². The predicted molar refractivity (Wildman–Crippen MR) is 51.7 cm³/mol. The SMILES string of the molecule is c1ccc(C2CC23CCCO3)cc1. The number of benzene rings is 1. The molecule has 2 atom stereocenters. The van der Waals surface area contributed by atoms with Gasteiger partial charge in [-0.2, -0.15) is 0 Å². The first-order chi connectivity index (χ1) is 6.41. The second-order valence-electron chi connectivity index (χ2n) is 4.18. The molecule has 1 aliphatic carbocycles. The van der Waals surface area contributed by atoms with E-state index in [2.05, 4.69) is 30.3 Å². The molecule has 0 amide bonds. The van der Waals surface area contributed by atoms with Gasteiger partial charge in [0.1, 0.15) is 0 Å². The molecule has 2 fully saturated rings. The molecule has 2 aliphatic rings. The lowest BCUT2D eigenvalue weighted by atomic mass is 10.1. The highest BCUT2D eigenvalue weighted by atomic mass is 16.5. The van der Waals surface area contributed by atoms with Crippen LogP contribution in [0.2, 0.25) is 0 Å². The first-order valence-corrected chi connectivity index (χ1v) is 5.10. The summed E-state index contributed by atoms with van der Waals surface area (Å²) in [6.07, 6.45) is 3.77. The van der Waals surface area contributed by atoms with Crippen molar-refractivity contribution in [2.24, 2.45) is 0 Å². The molecular formula is C12H14O. The monoisotopic (exact) mass is 174 g/mol. The molecule has 1 heterocycles. The van der Waals surface area contributed by atoms with Crippen LogP contribution in [0.5, 0.6) is 0 Å². The minimum absolute atomic E-state index is 0.265. The van der Waals surface area contributed by atoms with Gasteiger partial charge in [0.25, 0.3) is 0 Å². The number of ether oxygens (including phenoxy) is 1. The maximum absolute atomic E-state index is 5.82. The fraction of sp³-hybridized carbons (Fsp3) is 0.500. The van der Waals surface area contributed by atoms with Gasteiger partial charge in [0, 0.05) is 12.5 Å². The third-order valence-electron chi connectivity index (χ3n) is 3.36. The Balaban J connectivity index is 1.83. The molecule has 0 bridgehead atoms. The van der Waals surface area contributed by atoms with Crippen LogP contribution < -0.4 is 0 Å². The van der Waals surface area contributed by atoms with E-state index in [-0.39, 0.29) is 5.60 Å². The zero-order valence-electron chi connectivity index (χ0n) is 7.70. The van der Waals surface area contributed by atoms with Crippen molar-refractivity contribution < 1.29 is 4.74 Å². The quantitative estimate of drug-likeness (QED) is 0.636. The average Bonchev–Trinajstić information content (AvgIpc) is 2.66. The Hall–Kier alpha value is -0.820. The average molecular weight is 174 g/mol. The maximum Gasteiger partial charge on any atom is 0.0759 e. The highest BCUT2D eigenvalue weighted by molar-refractivity contribution is 5.32. The Morgan fingerprint density at radius 2 is 2.08 bits per heavy atom. The van der Waals surface area contributed by atoms with E-state index in [4.69, 9.17) is 4.74 Å². The first kappa shape index (κ1) is 7.57. The van der Waals surface area contributed by atoms with E-state index in [1.807, 2.05) is 0 Å². The molecule has 0 radical (unpaired) electrons. The van der Waals surface area contributed by atoms with Crippen molar-refractivity contribution >= 4 is 0 Å². The summed E-state index contributed by atoms with van der Waals surface area (Å²) < 4.78 is 5.82. The molecule has 1 saturated heterocycles. The smallest absolute Gasteiger partial charge is 0.0759 e. The van der Waals surface area contributed by atoms with Crippen molar-refractivity contribution in [3.05, 3.63) is 35.9 Å². The van der Waals surface area contributed by atoms with Crippen molar-refractivity contribution in [1.29, 1.82) is 0 Å². The van der Waals surface area contributed by atoms with Gasteiger partial charge in [-0.15, -0.1) is 0 Å². The Morgan fingerprint density at radius 1 is 1.23 bits per heavy atom. The Bertz CT molecular complexity index is 298. The van der Waals surface area contributed by atoms with Gasteiger partial charge < -0.3 is 4.74 Å². The summed E-state index contributed by atoms with van der Waals surface area (Å²) in [5.41, 5.74) is 1.73. The lowest BCUT2D eigenvalue weighted by Crippen LogP contribution is -2.07. The van der Waals surface area contributed by atoms with E-state index in [1.165, 1.54) is 24.8 Å². The Kier molecular flexibility index (Phi) is 1.50. The molecule has 1 nitrogen and oxygen atoms in total. The molecule has 1 spiro atoms. The molecule has 0 N–H and O–H groups in total. The minimum atomic E-state index is 0.265. The van der Waals surface area contributed by atoms with E-state index >= 15 is 0 Å². The topological polar surface area (TPSA) is 9.23 Å². The zero-order chi connectivity index (χ0) is 8.73. The lowest BCUT2D eigenvalue weighted by Gasteiger charge is -2.07. The maximum atomic E-state index is 5.82. The Morgan fingerprint density at radius 3 is 2.77 bits per heavy atom. The van der Waals surface area contributed by atoms with Gasteiger partial charge in [-0.25, -0.2) is 0 Å². The molecule has 1 aromatic carbocycles. The fourth-order valence-electron chi connectivity index (χ4n) is 2.55. The molecule has 1 aromatic rings. The van der Waals surface area contributed by atoms with E-state index in [0.717, 1.165) is 6.61 Å². The second-order valence-corrected chi connectivity index (χ2v) is 4.18. The highest BCUT2D eigenvalue weighted by Gasteiger charge is 2.57.